The topological polar surface area (TPSA) is 49.8 Å². The van der Waals surface area contributed by atoms with Crippen molar-refractivity contribution >= 4 is 5.91 Å². The van der Waals surface area contributed by atoms with Gasteiger partial charge in [0.1, 0.15) is 11.4 Å². The summed E-state index contributed by atoms with van der Waals surface area (Å²) >= 11 is 0. The first kappa shape index (κ1) is 18.6. The number of aliphatic hydroxyl groups excluding tert-OH is 1. The largest absolute Gasteiger partial charge is 0.494 e. The molecule has 1 heterocycles. The first-order valence-corrected chi connectivity index (χ1v) is 8.34. The first-order chi connectivity index (χ1) is 11.3. The van der Waals surface area contributed by atoms with E-state index in [1.165, 1.54) is 12.0 Å². The maximum Gasteiger partial charge on any atom is 0.259 e. The molecule has 1 fully saturated rings. The fraction of sp³-hybridized carbons (Fsp3) is 0.611. The Labute approximate surface area is 141 Å². The Balaban J connectivity index is 2.06. The van der Waals surface area contributed by atoms with Gasteiger partial charge in [-0.2, -0.15) is 0 Å². The summed E-state index contributed by atoms with van der Waals surface area (Å²) in [6.45, 7) is 4.87. The van der Waals surface area contributed by atoms with Crippen molar-refractivity contribution in [2.24, 2.45) is 11.8 Å². The second-order valence-electron chi connectivity index (χ2n) is 6.77. The first-order valence-electron chi connectivity index (χ1n) is 8.34. The van der Waals surface area contributed by atoms with Gasteiger partial charge in [0.05, 0.1) is 13.2 Å². The number of ether oxygens (including phenoxy) is 1. The van der Waals surface area contributed by atoms with E-state index in [4.69, 9.17) is 4.74 Å². The molecule has 0 aliphatic carbocycles. The molecule has 1 aliphatic rings. The summed E-state index contributed by atoms with van der Waals surface area (Å²) in [7, 11) is 1.27. The van der Waals surface area contributed by atoms with E-state index in [0.29, 0.717) is 31.8 Å². The number of carbonyl (C=O) groups is 1. The van der Waals surface area contributed by atoms with Gasteiger partial charge in [-0.3, -0.25) is 4.79 Å². The molecular formula is C18H25F2NO3. The number of hydrogen-bond donors (Lipinski definition) is 1. The van der Waals surface area contributed by atoms with E-state index < -0.39 is 29.2 Å². The maximum absolute atomic E-state index is 14.2. The summed E-state index contributed by atoms with van der Waals surface area (Å²) < 4.78 is 33.0. The minimum Gasteiger partial charge on any atom is -0.494 e. The number of amides is 1. The molecule has 1 amide bonds. The van der Waals surface area contributed by atoms with Crippen molar-refractivity contribution in [3.8, 4) is 5.75 Å². The van der Waals surface area contributed by atoms with E-state index in [9.17, 15) is 18.7 Å². The highest BCUT2D eigenvalue weighted by atomic mass is 19.1. The number of halogens is 2. The van der Waals surface area contributed by atoms with E-state index in [1.54, 1.807) is 0 Å². The van der Waals surface area contributed by atoms with Gasteiger partial charge in [0, 0.05) is 13.1 Å². The Morgan fingerprint density at radius 1 is 1.33 bits per heavy atom. The Hall–Kier alpha value is -1.69. The van der Waals surface area contributed by atoms with Crippen LogP contribution in [0.5, 0.6) is 5.75 Å². The fourth-order valence-electron chi connectivity index (χ4n) is 3.21. The number of carbonyl (C=O) groups excluding carboxylic acids is 1. The van der Waals surface area contributed by atoms with Gasteiger partial charge in [0.25, 0.3) is 5.91 Å². The lowest BCUT2D eigenvalue weighted by Gasteiger charge is -2.35. The highest BCUT2D eigenvalue weighted by Crippen LogP contribution is 2.28. The van der Waals surface area contributed by atoms with E-state index in [-0.39, 0.29) is 11.7 Å². The summed E-state index contributed by atoms with van der Waals surface area (Å²) in [6.07, 6.45) is 1.59. The van der Waals surface area contributed by atoms with Gasteiger partial charge in [-0.25, -0.2) is 8.78 Å². The zero-order valence-electron chi connectivity index (χ0n) is 14.4. The second kappa shape index (κ2) is 7.92. The molecule has 0 bridgehead atoms. The zero-order valence-corrected chi connectivity index (χ0v) is 14.4. The number of piperidine rings is 1. The van der Waals surface area contributed by atoms with E-state index in [1.807, 2.05) is 0 Å². The van der Waals surface area contributed by atoms with Crippen LogP contribution in [0, 0.1) is 23.5 Å². The predicted octanol–water partition coefficient (Wildman–Crippen LogP) is 3.23. The summed E-state index contributed by atoms with van der Waals surface area (Å²) in [4.78, 5) is 13.9. The van der Waals surface area contributed by atoms with Crippen molar-refractivity contribution in [1.82, 2.24) is 4.90 Å². The highest BCUT2D eigenvalue weighted by Gasteiger charge is 2.31. The lowest BCUT2D eigenvalue weighted by Crippen LogP contribution is -2.42. The molecule has 1 aromatic carbocycles. The Kier molecular flexibility index (Phi) is 6.15. The molecular weight excluding hydrogens is 316 g/mol. The third-order valence-electron chi connectivity index (χ3n) is 4.57. The Bertz CT molecular complexity index is 584. The SMILES string of the molecule is COc1ccc(F)c(C(=O)N2CCC([C@H](O)CC(C)C)CC2)c1F. The molecule has 1 saturated heterocycles. The van der Waals surface area contributed by atoms with Crippen LogP contribution in [0.4, 0.5) is 8.78 Å². The van der Waals surface area contributed by atoms with Crippen LogP contribution >= 0.6 is 0 Å². The van der Waals surface area contributed by atoms with Crippen molar-refractivity contribution in [3.05, 3.63) is 29.3 Å². The average Bonchev–Trinajstić information content (AvgIpc) is 2.54. The summed E-state index contributed by atoms with van der Waals surface area (Å²) in [6, 6.07) is 2.20. The number of methoxy groups -OCH3 is 1. The molecule has 0 saturated carbocycles. The number of rotatable bonds is 5. The molecule has 1 atom stereocenters. The van der Waals surface area contributed by atoms with Gasteiger partial charge in [-0.15, -0.1) is 0 Å². The molecule has 1 aliphatic heterocycles. The van der Waals surface area contributed by atoms with Crippen LogP contribution < -0.4 is 4.74 Å². The highest BCUT2D eigenvalue weighted by molar-refractivity contribution is 5.95. The smallest absolute Gasteiger partial charge is 0.259 e. The van der Waals surface area contributed by atoms with E-state index >= 15 is 0 Å². The maximum atomic E-state index is 14.2. The number of nitrogens with zero attached hydrogens (tertiary/aromatic N) is 1. The van der Waals surface area contributed by atoms with Crippen LogP contribution in [0.1, 0.15) is 43.5 Å². The number of aliphatic hydroxyl groups is 1. The molecule has 0 unspecified atom stereocenters. The van der Waals surface area contributed by atoms with Crippen LogP contribution in [-0.4, -0.2) is 42.2 Å². The van der Waals surface area contributed by atoms with Gasteiger partial charge in [-0.1, -0.05) is 13.8 Å². The van der Waals surface area contributed by atoms with Gasteiger partial charge in [0.15, 0.2) is 11.6 Å². The molecule has 0 spiro atoms. The van der Waals surface area contributed by atoms with Crippen LogP contribution in [0.2, 0.25) is 0 Å². The molecule has 134 valence electrons. The Morgan fingerprint density at radius 2 is 1.96 bits per heavy atom. The molecule has 4 nitrogen and oxygen atoms in total. The van der Waals surface area contributed by atoms with Crippen LogP contribution in [-0.2, 0) is 0 Å². The lowest BCUT2D eigenvalue weighted by molar-refractivity contribution is 0.0380. The van der Waals surface area contributed by atoms with Crippen molar-refractivity contribution in [3.63, 3.8) is 0 Å². The summed E-state index contributed by atoms with van der Waals surface area (Å²) in [5, 5.41) is 10.2. The van der Waals surface area contributed by atoms with Gasteiger partial charge in [0.2, 0.25) is 0 Å². The normalized spacial score (nSPS) is 17.2. The fourth-order valence-corrected chi connectivity index (χ4v) is 3.21. The number of hydrogen-bond acceptors (Lipinski definition) is 3. The van der Waals surface area contributed by atoms with Crippen LogP contribution in [0.15, 0.2) is 12.1 Å². The average molecular weight is 341 g/mol. The number of likely N-dealkylation sites (tertiary alicyclic amines) is 1. The minimum atomic E-state index is -0.968. The molecule has 0 radical (unpaired) electrons. The third kappa shape index (κ3) is 4.04. The zero-order chi connectivity index (χ0) is 17.9. The van der Waals surface area contributed by atoms with Crippen molar-refractivity contribution in [1.29, 1.82) is 0 Å². The monoisotopic (exact) mass is 341 g/mol. The van der Waals surface area contributed by atoms with Crippen molar-refractivity contribution in [2.75, 3.05) is 20.2 Å². The summed E-state index contributed by atoms with van der Waals surface area (Å²) in [5.41, 5.74) is -0.574. The minimum absolute atomic E-state index is 0.122. The molecule has 1 aromatic rings. The molecule has 24 heavy (non-hydrogen) atoms. The van der Waals surface area contributed by atoms with Crippen molar-refractivity contribution in [2.45, 2.75) is 39.2 Å². The number of benzene rings is 1. The third-order valence-corrected chi connectivity index (χ3v) is 4.57. The predicted molar refractivity (Wildman–Crippen MR) is 87.0 cm³/mol. The molecule has 2 rings (SSSR count). The molecule has 0 aromatic heterocycles. The van der Waals surface area contributed by atoms with E-state index in [0.717, 1.165) is 18.6 Å². The van der Waals surface area contributed by atoms with Gasteiger partial charge < -0.3 is 14.7 Å². The molecule has 6 heteroatoms. The Morgan fingerprint density at radius 3 is 2.50 bits per heavy atom. The standard InChI is InChI=1S/C18H25F2NO3/c1-11(2)10-14(22)12-6-8-21(9-7-12)18(23)16-13(19)4-5-15(24-3)17(16)20/h4-5,11-12,14,22H,6-10H2,1-3H3/t14-/m1/s1. The lowest BCUT2D eigenvalue weighted by atomic mass is 9.87. The van der Waals surface area contributed by atoms with Crippen LogP contribution in [0.25, 0.3) is 0 Å². The van der Waals surface area contributed by atoms with Crippen molar-refractivity contribution < 1.29 is 23.4 Å². The van der Waals surface area contributed by atoms with Gasteiger partial charge in [-0.05, 0) is 43.2 Å². The van der Waals surface area contributed by atoms with E-state index in [2.05, 4.69) is 13.8 Å². The second-order valence-corrected chi connectivity index (χ2v) is 6.77. The quantitative estimate of drug-likeness (QED) is 0.894. The summed E-state index contributed by atoms with van der Waals surface area (Å²) in [5.74, 6) is -2.15. The van der Waals surface area contributed by atoms with Gasteiger partial charge >= 0.3 is 0 Å². The molecule has 1 N–H and O–H groups in total. The van der Waals surface area contributed by atoms with Crippen LogP contribution in [0.3, 0.4) is 0 Å².